The van der Waals surface area contributed by atoms with E-state index in [9.17, 15) is 28.9 Å². The molecule has 3 unspecified atom stereocenters. The van der Waals surface area contributed by atoms with Gasteiger partial charge in [0.25, 0.3) is 0 Å². The molecule has 74 heavy (non-hydrogen) atoms. The van der Waals surface area contributed by atoms with Gasteiger partial charge >= 0.3 is 25.7 Å². The van der Waals surface area contributed by atoms with Crippen molar-refractivity contribution in [2.24, 2.45) is 0 Å². The lowest BCUT2D eigenvalue weighted by atomic mass is 10.1. The fraction of sp³-hybridized carbons (Fsp3) is 0.758. The van der Waals surface area contributed by atoms with Crippen LogP contribution in [0.3, 0.4) is 0 Å². The molecule has 0 aromatic rings. The van der Waals surface area contributed by atoms with Crippen LogP contribution in [0.5, 0.6) is 0 Å². The summed E-state index contributed by atoms with van der Waals surface area (Å²) in [5.41, 5.74) is 0. The predicted octanol–water partition coefficient (Wildman–Crippen LogP) is 17.7. The number of esters is 3. The Bertz CT molecular complexity index is 1520. The molecule has 0 aromatic heterocycles. The lowest BCUT2D eigenvalue weighted by molar-refractivity contribution is -0.161. The summed E-state index contributed by atoms with van der Waals surface area (Å²) in [6, 6.07) is 0. The number of aliphatic hydroxyl groups is 1. The third kappa shape index (κ3) is 53.7. The Labute approximate surface area is 452 Å². The summed E-state index contributed by atoms with van der Waals surface area (Å²) in [4.78, 5) is 48.6. The smallest absolute Gasteiger partial charge is 0.462 e. The van der Waals surface area contributed by atoms with E-state index in [-0.39, 0.29) is 25.9 Å². The molecule has 11 nitrogen and oxygen atoms in total. The van der Waals surface area contributed by atoms with E-state index in [0.717, 1.165) is 135 Å². The Morgan fingerprint density at radius 2 is 0.716 bits per heavy atom. The van der Waals surface area contributed by atoms with Crippen LogP contribution in [0.1, 0.15) is 265 Å². The van der Waals surface area contributed by atoms with E-state index in [2.05, 4.69) is 93.7 Å². The first-order valence-electron chi connectivity index (χ1n) is 29.8. The molecule has 0 aliphatic carbocycles. The Morgan fingerprint density at radius 3 is 1.14 bits per heavy atom. The number of phosphoric acid groups is 1. The summed E-state index contributed by atoms with van der Waals surface area (Å²) >= 11 is 0. The quantitative estimate of drug-likeness (QED) is 0.0197. The van der Waals surface area contributed by atoms with Crippen molar-refractivity contribution in [1.82, 2.24) is 0 Å². The van der Waals surface area contributed by atoms with Crippen molar-refractivity contribution in [2.45, 2.75) is 277 Å². The molecule has 0 aromatic carbocycles. The second-order valence-electron chi connectivity index (χ2n) is 19.8. The van der Waals surface area contributed by atoms with E-state index in [0.29, 0.717) is 19.3 Å². The summed E-state index contributed by atoms with van der Waals surface area (Å²) in [5.74, 6) is -1.49. The lowest BCUT2D eigenvalue weighted by Gasteiger charge is -2.21. The molecule has 0 amide bonds. The van der Waals surface area contributed by atoms with Crippen LogP contribution in [0, 0.1) is 0 Å². The van der Waals surface area contributed by atoms with E-state index in [1.54, 1.807) is 0 Å². The first kappa shape index (κ1) is 70.9. The number of allylic oxidation sites excluding steroid dienone is 12. The van der Waals surface area contributed by atoms with Crippen LogP contribution in [-0.4, -0.2) is 66.5 Å². The molecule has 0 bridgehead atoms. The van der Waals surface area contributed by atoms with Crippen molar-refractivity contribution < 1.29 is 52.2 Å². The summed E-state index contributed by atoms with van der Waals surface area (Å²) in [7, 11) is -4.75. The van der Waals surface area contributed by atoms with Gasteiger partial charge in [-0.05, 0) is 103 Å². The number of carbonyl (C=O) groups is 3. The normalized spacial score (nSPS) is 13.9. The third-order valence-corrected chi connectivity index (χ3v) is 13.5. The highest BCUT2D eigenvalue weighted by Gasteiger charge is 2.28. The Morgan fingerprint density at radius 1 is 0.392 bits per heavy atom. The monoisotopic (exact) mass is 1060 g/mol. The second-order valence-corrected chi connectivity index (χ2v) is 21.2. The van der Waals surface area contributed by atoms with Crippen LogP contribution in [0.2, 0.25) is 0 Å². The van der Waals surface area contributed by atoms with Crippen LogP contribution in [-0.2, 0) is 42.2 Å². The van der Waals surface area contributed by atoms with Gasteiger partial charge in [0.1, 0.15) is 12.7 Å². The van der Waals surface area contributed by atoms with Gasteiger partial charge in [-0.3, -0.25) is 23.4 Å². The summed E-state index contributed by atoms with van der Waals surface area (Å²) in [5, 5.41) is 9.80. The zero-order valence-corrected chi connectivity index (χ0v) is 48.2. The third-order valence-electron chi connectivity index (χ3n) is 12.6. The van der Waals surface area contributed by atoms with Crippen molar-refractivity contribution in [2.75, 3.05) is 26.4 Å². The number of carbonyl (C=O) groups excluding carboxylic acids is 3. The molecular weight excluding hydrogens is 952 g/mol. The van der Waals surface area contributed by atoms with Gasteiger partial charge in [0.15, 0.2) is 6.10 Å². The molecule has 0 saturated heterocycles. The number of phosphoric ester groups is 1. The van der Waals surface area contributed by atoms with Crippen molar-refractivity contribution in [3.63, 3.8) is 0 Å². The van der Waals surface area contributed by atoms with Gasteiger partial charge in [0, 0.05) is 19.3 Å². The summed E-state index contributed by atoms with van der Waals surface area (Å²) < 4.78 is 39.5. The minimum Gasteiger partial charge on any atom is -0.462 e. The lowest BCUT2D eigenvalue weighted by Crippen LogP contribution is -2.30. The number of rotatable bonds is 55. The average Bonchev–Trinajstić information content (AvgIpc) is 3.39. The fourth-order valence-electron chi connectivity index (χ4n) is 8.03. The van der Waals surface area contributed by atoms with Gasteiger partial charge in [-0.25, -0.2) is 4.57 Å². The van der Waals surface area contributed by atoms with E-state index in [1.807, 2.05) is 0 Å². The molecule has 12 heteroatoms. The molecule has 0 fully saturated rings. The highest BCUT2D eigenvalue weighted by atomic mass is 31.2. The molecule has 0 aliphatic rings. The molecule has 3 atom stereocenters. The highest BCUT2D eigenvalue weighted by Crippen LogP contribution is 2.43. The summed E-state index contributed by atoms with van der Waals surface area (Å²) in [6.07, 6.45) is 62.9. The Kier molecular flexibility index (Phi) is 53.8. The van der Waals surface area contributed by atoms with Crippen molar-refractivity contribution in [3.05, 3.63) is 72.9 Å². The summed E-state index contributed by atoms with van der Waals surface area (Å²) in [6.45, 7) is 4.47. The van der Waals surface area contributed by atoms with Crippen molar-refractivity contribution >= 4 is 25.7 Å². The standard InChI is InChI=1S/C62H109O11P/c1-4-7-10-13-16-19-22-24-26-28-29-31-32-34-37-39-42-45-48-51-60(64)69-55-59(73-62(66)53-50-47-44-41-38-35-33-30-27-25-23-20-17-14-11-8-5-2)57-71-74(67,68)70-56-58(54-63)72-61(65)52-49-46-43-40-36-21-18-15-12-9-6-3/h7,10,15-16,18-19,24-27,29,31,58-59,63H,4-6,8-9,11-14,17,20-23,28,30,32-57H2,1-3H3,(H,67,68)/b10-7-,18-15-,19-16-,26-24-,27-25-,31-29-. The largest absolute Gasteiger partial charge is 0.472 e. The number of aliphatic hydroxyl groups excluding tert-OH is 1. The minimum absolute atomic E-state index is 0.158. The maximum absolute atomic E-state index is 12.9. The number of hydrogen-bond acceptors (Lipinski definition) is 10. The maximum atomic E-state index is 12.9. The SMILES string of the molecule is CC/C=C\C/C=C\C/C=C\C/C=C\CCCCCCCCC(=O)OCC(COP(=O)(O)OCC(CO)OC(=O)CCCCCCC/C=C\CCCC)OC(=O)CCCCCCCCC/C=C\CCCCCCCC. The Hall–Kier alpha value is -3.08. The molecule has 2 N–H and O–H groups in total. The van der Waals surface area contributed by atoms with Crippen LogP contribution >= 0.6 is 7.82 Å². The van der Waals surface area contributed by atoms with E-state index < -0.39 is 57.8 Å². The van der Waals surface area contributed by atoms with Crippen molar-refractivity contribution in [3.8, 4) is 0 Å². The van der Waals surface area contributed by atoms with Crippen LogP contribution in [0.15, 0.2) is 72.9 Å². The van der Waals surface area contributed by atoms with Crippen LogP contribution in [0.4, 0.5) is 0 Å². The van der Waals surface area contributed by atoms with Gasteiger partial charge in [0.2, 0.25) is 0 Å². The van der Waals surface area contributed by atoms with E-state index in [1.165, 1.54) is 70.6 Å². The minimum atomic E-state index is -4.75. The maximum Gasteiger partial charge on any atom is 0.472 e. The predicted molar refractivity (Wildman–Crippen MR) is 307 cm³/mol. The molecule has 0 heterocycles. The molecule has 0 saturated carbocycles. The topological polar surface area (TPSA) is 155 Å². The van der Waals surface area contributed by atoms with E-state index in [4.69, 9.17) is 23.3 Å². The zero-order valence-electron chi connectivity index (χ0n) is 47.3. The zero-order chi connectivity index (χ0) is 54.1. The van der Waals surface area contributed by atoms with Gasteiger partial charge < -0.3 is 24.2 Å². The van der Waals surface area contributed by atoms with Gasteiger partial charge in [-0.2, -0.15) is 0 Å². The second kappa shape index (κ2) is 56.1. The first-order chi connectivity index (χ1) is 36.2. The molecule has 0 spiro atoms. The molecule has 0 aliphatic heterocycles. The van der Waals surface area contributed by atoms with Gasteiger partial charge in [-0.1, -0.05) is 216 Å². The number of hydrogen-bond donors (Lipinski definition) is 2. The van der Waals surface area contributed by atoms with E-state index >= 15 is 0 Å². The molecule has 0 rings (SSSR count). The van der Waals surface area contributed by atoms with Crippen LogP contribution < -0.4 is 0 Å². The number of ether oxygens (including phenoxy) is 3. The van der Waals surface area contributed by atoms with Crippen LogP contribution in [0.25, 0.3) is 0 Å². The highest BCUT2D eigenvalue weighted by molar-refractivity contribution is 7.47. The molecule has 428 valence electrons. The molecular formula is C62H109O11P. The fourth-order valence-corrected chi connectivity index (χ4v) is 8.81. The average molecular weight is 1060 g/mol. The number of unbranched alkanes of at least 4 members (excludes halogenated alkanes) is 26. The molecule has 0 radical (unpaired) electrons. The Balaban J connectivity index is 4.74. The van der Waals surface area contributed by atoms with Crippen molar-refractivity contribution in [1.29, 1.82) is 0 Å². The van der Waals surface area contributed by atoms with Gasteiger partial charge in [-0.15, -0.1) is 0 Å². The first-order valence-corrected chi connectivity index (χ1v) is 31.3. The van der Waals surface area contributed by atoms with Gasteiger partial charge in [0.05, 0.1) is 19.8 Å².